The standard InChI is InChI=1S/C25H21FN2O4/c1-14-3-4-16(7-15(14)2)17-5-6-21-22(10-17)28(25(29)23(21)27-30)11-18-8-20(26)9-19-12-31-13-32-24(18)19/h3-10,29H,11-13H2,1-2H3. The van der Waals surface area contributed by atoms with Gasteiger partial charge in [-0.1, -0.05) is 24.3 Å². The van der Waals surface area contributed by atoms with Crippen LogP contribution in [-0.4, -0.2) is 16.5 Å². The van der Waals surface area contributed by atoms with E-state index < -0.39 is 5.82 Å². The summed E-state index contributed by atoms with van der Waals surface area (Å²) in [5.41, 5.74) is 6.05. The molecule has 1 aliphatic heterocycles. The van der Waals surface area contributed by atoms with Crippen molar-refractivity contribution in [3.63, 3.8) is 0 Å². The molecule has 0 fully saturated rings. The summed E-state index contributed by atoms with van der Waals surface area (Å²) in [5, 5.41) is 14.4. The smallest absolute Gasteiger partial charge is 0.222 e. The van der Waals surface area contributed by atoms with Gasteiger partial charge in [0.05, 0.1) is 18.7 Å². The van der Waals surface area contributed by atoms with Gasteiger partial charge in [0.1, 0.15) is 11.6 Å². The average Bonchev–Trinajstić information content (AvgIpc) is 3.05. The summed E-state index contributed by atoms with van der Waals surface area (Å²) in [5.74, 6) is -0.157. The van der Waals surface area contributed by atoms with Crippen molar-refractivity contribution in [2.24, 2.45) is 5.18 Å². The highest BCUT2D eigenvalue weighted by atomic mass is 19.1. The fourth-order valence-electron chi connectivity index (χ4n) is 4.21. The van der Waals surface area contributed by atoms with Crippen LogP contribution < -0.4 is 4.74 Å². The Morgan fingerprint density at radius 2 is 1.84 bits per heavy atom. The van der Waals surface area contributed by atoms with Crippen molar-refractivity contribution in [1.29, 1.82) is 0 Å². The third-order valence-corrected chi connectivity index (χ3v) is 6.02. The number of nitrogens with zero attached hydrogens (tertiary/aromatic N) is 2. The third kappa shape index (κ3) is 3.31. The maximum Gasteiger partial charge on any atom is 0.222 e. The summed E-state index contributed by atoms with van der Waals surface area (Å²) < 4.78 is 26.7. The molecule has 32 heavy (non-hydrogen) atoms. The maximum absolute atomic E-state index is 14.2. The largest absolute Gasteiger partial charge is 0.493 e. The van der Waals surface area contributed by atoms with Crippen molar-refractivity contribution in [2.45, 2.75) is 27.0 Å². The van der Waals surface area contributed by atoms with Crippen molar-refractivity contribution in [2.75, 3.05) is 6.79 Å². The number of rotatable bonds is 4. The van der Waals surface area contributed by atoms with Crippen LogP contribution in [-0.2, 0) is 17.9 Å². The second kappa shape index (κ2) is 7.76. The SMILES string of the molecule is Cc1ccc(-c2ccc3c(N=O)c(O)n(Cc4cc(F)cc5c4OCOC5)c3c2)cc1C. The van der Waals surface area contributed by atoms with Gasteiger partial charge in [-0.3, -0.25) is 0 Å². The van der Waals surface area contributed by atoms with Gasteiger partial charge in [0, 0.05) is 16.5 Å². The number of ether oxygens (including phenoxy) is 2. The van der Waals surface area contributed by atoms with Gasteiger partial charge >= 0.3 is 0 Å². The van der Waals surface area contributed by atoms with E-state index in [0.717, 1.165) is 11.1 Å². The Kier molecular flexibility index (Phi) is 4.90. The molecule has 1 N–H and O–H groups in total. The molecule has 0 radical (unpaired) electrons. The molecule has 3 aromatic carbocycles. The summed E-state index contributed by atoms with van der Waals surface area (Å²) in [6.45, 7) is 4.53. The number of hydrogen-bond acceptors (Lipinski definition) is 5. The Morgan fingerprint density at radius 1 is 1.06 bits per heavy atom. The summed E-state index contributed by atoms with van der Waals surface area (Å²) >= 11 is 0. The van der Waals surface area contributed by atoms with Crippen LogP contribution in [0.5, 0.6) is 11.6 Å². The van der Waals surface area contributed by atoms with Gasteiger partial charge in [0.25, 0.3) is 0 Å². The number of hydrogen-bond donors (Lipinski definition) is 1. The van der Waals surface area contributed by atoms with Crippen LogP contribution in [0.4, 0.5) is 10.1 Å². The van der Waals surface area contributed by atoms with Gasteiger partial charge < -0.3 is 19.1 Å². The Morgan fingerprint density at radius 3 is 2.62 bits per heavy atom. The van der Waals surface area contributed by atoms with Gasteiger partial charge in [-0.25, -0.2) is 4.39 Å². The van der Waals surface area contributed by atoms with Crippen molar-refractivity contribution < 1.29 is 19.0 Å². The first-order chi connectivity index (χ1) is 15.5. The predicted octanol–water partition coefficient (Wildman–Crippen LogP) is 6.08. The first-order valence-corrected chi connectivity index (χ1v) is 10.2. The van der Waals surface area contributed by atoms with Gasteiger partial charge in [-0.15, -0.1) is 4.91 Å². The minimum absolute atomic E-state index is 0.0406. The lowest BCUT2D eigenvalue weighted by atomic mass is 9.99. The molecule has 0 atom stereocenters. The molecular weight excluding hydrogens is 411 g/mol. The van der Waals surface area contributed by atoms with Crippen LogP contribution in [0.15, 0.2) is 53.7 Å². The molecule has 0 aliphatic carbocycles. The summed E-state index contributed by atoms with van der Waals surface area (Å²) in [6.07, 6.45) is 0. The van der Waals surface area contributed by atoms with Crippen LogP contribution in [0.2, 0.25) is 0 Å². The second-order valence-corrected chi connectivity index (χ2v) is 8.04. The lowest BCUT2D eigenvalue weighted by molar-refractivity contribution is -0.0173. The number of fused-ring (bicyclic) bond motifs is 2. The van der Waals surface area contributed by atoms with E-state index in [1.165, 1.54) is 23.3 Å². The first kappa shape index (κ1) is 20.2. The fourth-order valence-corrected chi connectivity index (χ4v) is 4.21. The second-order valence-electron chi connectivity index (χ2n) is 8.04. The number of halogens is 1. The highest BCUT2D eigenvalue weighted by Gasteiger charge is 2.22. The zero-order valence-electron chi connectivity index (χ0n) is 17.7. The van der Waals surface area contributed by atoms with Gasteiger partial charge in [-0.2, -0.15) is 0 Å². The molecule has 0 unspecified atom stereocenters. The van der Waals surface area contributed by atoms with Gasteiger partial charge in [0.2, 0.25) is 5.88 Å². The summed E-state index contributed by atoms with van der Waals surface area (Å²) in [6, 6.07) is 14.5. The Hall–Kier alpha value is -3.71. The quantitative estimate of drug-likeness (QED) is 0.397. The van der Waals surface area contributed by atoms with Crippen LogP contribution in [0.3, 0.4) is 0 Å². The summed E-state index contributed by atoms with van der Waals surface area (Å²) in [7, 11) is 0. The zero-order valence-corrected chi connectivity index (χ0v) is 17.7. The molecular formula is C25H21FN2O4. The van der Waals surface area contributed by atoms with E-state index in [2.05, 4.69) is 31.2 Å². The van der Waals surface area contributed by atoms with E-state index in [4.69, 9.17) is 9.47 Å². The number of aromatic hydroxyl groups is 1. The zero-order chi connectivity index (χ0) is 22.4. The predicted molar refractivity (Wildman–Crippen MR) is 120 cm³/mol. The molecule has 2 heterocycles. The van der Waals surface area contributed by atoms with Crippen LogP contribution in [0, 0.1) is 24.6 Å². The molecule has 0 amide bonds. The molecule has 1 aliphatic rings. The Labute approximate surface area is 183 Å². The molecule has 5 rings (SSSR count). The van der Waals surface area contributed by atoms with Gasteiger partial charge in [0.15, 0.2) is 12.5 Å². The molecule has 0 saturated carbocycles. The monoisotopic (exact) mass is 432 g/mol. The van der Waals surface area contributed by atoms with E-state index in [1.807, 2.05) is 18.2 Å². The average molecular weight is 432 g/mol. The van der Waals surface area contributed by atoms with Crippen molar-refractivity contribution in [1.82, 2.24) is 4.57 Å². The molecule has 0 bridgehead atoms. The highest BCUT2D eigenvalue weighted by Crippen LogP contribution is 2.42. The van der Waals surface area contributed by atoms with Crippen LogP contribution in [0.25, 0.3) is 22.0 Å². The molecule has 7 heteroatoms. The number of aromatic nitrogens is 1. The molecule has 6 nitrogen and oxygen atoms in total. The number of aryl methyl sites for hydroxylation is 2. The van der Waals surface area contributed by atoms with E-state index in [0.29, 0.717) is 27.8 Å². The summed E-state index contributed by atoms with van der Waals surface area (Å²) in [4.78, 5) is 11.5. The van der Waals surface area contributed by atoms with E-state index in [1.54, 1.807) is 10.6 Å². The first-order valence-electron chi connectivity index (χ1n) is 10.2. The van der Waals surface area contributed by atoms with E-state index in [-0.39, 0.29) is 31.5 Å². The highest BCUT2D eigenvalue weighted by molar-refractivity contribution is 5.97. The van der Waals surface area contributed by atoms with Crippen LogP contribution in [0.1, 0.15) is 22.3 Å². The molecule has 4 aromatic rings. The minimum atomic E-state index is -0.423. The molecule has 0 spiro atoms. The molecule has 1 aromatic heterocycles. The number of nitroso groups, excluding NO2 is 1. The Bertz CT molecular complexity index is 1380. The molecule has 162 valence electrons. The molecule has 0 saturated heterocycles. The third-order valence-electron chi connectivity index (χ3n) is 6.02. The van der Waals surface area contributed by atoms with Crippen molar-refractivity contribution in [3.05, 3.63) is 81.5 Å². The van der Waals surface area contributed by atoms with E-state index >= 15 is 0 Å². The topological polar surface area (TPSA) is 73.0 Å². The lowest BCUT2D eigenvalue weighted by Crippen LogP contribution is -2.14. The Balaban J connectivity index is 1.67. The lowest BCUT2D eigenvalue weighted by Gasteiger charge is -2.21. The van der Waals surface area contributed by atoms with Crippen molar-refractivity contribution in [3.8, 4) is 22.8 Å². The normalized spacial score (nSPS) is 13.1. The van der Waals surface area contributed by atoms with Crippen molar-refractivity contribution >= 4 is 16.6 Å². The van der Waals surface area contributed by atoms with Crippen LogP contribution >= 0.6 is 0 Å². The maximum atomic E-state index is 14.2. The fraction of sp³-hybridized carbons (Fsp3) is 0.200. The minimum Gasteiger partial charge on any atom is -0.493 e. The van der Waals surface area contributed by atoms with E-state index in [9.17, 15) is 14.4 Å². The van der Waals surface area contributed by atoms with Gasteiger partial charge in [-0.05, 0) is 65.5 Å². The number of benzene rings is 3.